The number of rotatable bonds is 4. The molecule has 0 heterocycles. The lowest BCUT2D eigenvalue weighted by molar-refractivity contribution is -0.0327. The number of alkyl halides is 3. The third kappa shape index (κ3) is 4.86. The summed E-state index contributed by atoms with van der Waals surface area (Å²) in [5.74, 6) is 0.0895. The molecule has 2 N–H and O–H groups in total. The van der Waals surface area contributed by atoms with Crippen LogP contribution in [0, 0.1) is 0 Å². The SMILES string of the molecule is Oc1ccc(Br)cc1CNc1ccccc1SC(F)(F)F. The highest BCUT2D eigenvalue weighted by atomic mass is 79.9. The molecule has 0 radical (unpaired) electrons. The van der Waals surface area contributed by atoms with E-state index in [1.807, 2.05) is 0 Å². The number of thioether (sulfide) groups is 1. The van der Waals surface area contributed by atoms with Crippen molar-refractivity contribution in [1.82, 2.24) is 0 Å². The molecule has 0 spiro atoms. The zero-order chi connectivity index (χ0) is 15.5. The van der Waals surface area contributed by atoms with Gasteiger partial charge in [-0.25, -0.2) is 0 Å². The molecule has 2 aromatic carbocycles. The molecule has 0 aliphatic heterocycles. The first kappa shape index (κ1) is 16.0. The summed E-state index contributed by atoms with van der Waals surface area (Å²) in [6, 6.07) is 11.1. The van der Waals surface area contributed by atoms with Crippen LogP contribution < -0.4 is 5.32 Å². The van der Waals surface area contributed by atoms with Crippen molar-refractivity contribution in [3.63, 3.8) is 0 Å². The third-order valence-corrected chi connectivity index (χ3v) is 3.92. The molecule has 2 rings (SSSR count). The van der Waals surface area contributed by atoms with Gasteiger partial charge in [0.1, 0.15) is 5.75 Å². The molecule has 0 aliphatic rings. The van der Waals surface area contributed by atoms with Crippen LogP contribution in [0.2, 0.25) is 0 Å². The standard InChI is InChI=1S/C14H11BrF3NOS/c15-10-5-6-12(20)9(7-10)8-19-11-3-1-2-4-13(11)21-14(16,17)18/h1-7,19-20H,8H2. The van der Waals surface area contributed by atoms with Gasteiger partial charge in [0.25, 0.3) is 0 Å². The number of benzene rings is 2. The number of halogens is 4. The van der Waals surface area contributed by atoms with Gasteiger partial charge in [-0.1, -0.05) is 28.1 Å². The molecule has 0 aromatic heterocycles. The van der Waals surface area contributed by atoms with Crippen LogP contribution in [0.3, 0.4) is 0 Å². The van der Waals surface area contributed by atoms with Gasteiger partial charge in [-0.3, -0.25) is 0 Å². The van der Waals surface area contributed by atoms with Crippen LogP contribution in [-0.4, -0.2) is 10.6 Å². The lowest BCUT2D eigenvalue weighted by atomic mass is 10.2. The molecular formula is C14H11BrF3NOS. The number of hydrogen-bond acceptors (Lipinski definition) is 3. The van der Waals surface area contributed by atoms with Crippen molar-refractivity contribution in [2.45, 2.75) is 16.9 Å². The Bertz CT molecular complexity index is 634. The van der Waals surface area contributed by atoms with Gasteiger partial charge < -0.3 is 10.4 Å². The summed E-state index contributed by atoms with van der Waals surface area (Å²) in [7, 11) is 0. The Morgan fingerprint density at radius 3 is 2.57 bits per heavy atom. The summed E-state index contributed by atoms with van der Waals surface area (Å²) in [4.78, 5) is 0.0967. The van der Waals surface area contributed by atoms with Crippen molar-refractivity contribution in [3.05, 3.63) is 52.5 Å². The molecular weight excluding hydrogens is 367 g/mol. The van der Waals surface area contributed by atoms with E-state index in [1.54, 1.807) is 30.3 Å². The van der Waals surface area contributed by atoms with Crippen LogP contribution in [0.15, 0.2) is 51.8 Å². The zero-order valence-corrected chi connectivity index (χ0v) is 13.0. The van der Waals surface area contributed by atoms with E-state index in [1.165, 1.54) is 12.1 Å². The Balaban J connectivity index is 2.15. The van der Waals surface area contributed by atoms with Crippen LogP contribution in [-0.2, 0) is 6.54 Å². The lowest BCUT2D eigenvalue weighted by Crippen LogP contribution is -2.04. The summed E-state index contributed by atoms with van der Waals surface area (Å²) in [5, 5.41) is 12.6. The molecule has 112 valence electrons. The van der Waals surface area contributed by atoms with Crippen LogP contribution in [0.25, 0.3) is 0 Å². The number of anilines is 1. The topological polar surface area (TPSA) is 32.3 Å². The summed E-state index contributed by atoms with van der Waals surface area (Å²) in [6.45, 7) is 0.223. The molecule has 0 fully saturated rings. The summed E-state index contributed by atoms with van der Waals surface area (Å²) < 4.78 is 38.3. The number of nitrogens with one attached hydrogen (secondary N) is 1. The molecule has 0 unspecified atom stereocenters. The predicted octanol–water partition coefficient (Wildman–Crippen LogP) is 5.38. The largest absolute Gasteiger partial charge is 0.508 e. The second-order valence-electron chi connectivity index (χ2n) is 4.17. The Morgan fingerprint density at radius 1 is 1.14 bits per heavy atom. The summed E-state index contributed by atoms with van der Waals surface area (Å²) in [6.07, 6.45) is 0. The van der Waals surface area contributed by atoms with Gasteiger partial charge in [0.15, 0.2) is 0 Å². The number of aromatic hydroxyl groups is 1. The predicted molar refractivity (Wildman–Crippen MR) is 81.5 cm³/mol. The van der Waals surface area contributed by atoms with E-state index in [0.29, 0.717) is 11.3 Å². The smallest absolute Gasteiger partial charge is 0.446 e. The fraction of sp³-hybridized carbons (Fsp3) is 0.143. The van der Waals surface area contributed by atoms with Gasteiger partial charge in [-0.05, 0) is 42.1 Å². The van der Waals surface area contributed by atoms with Crippen molar-refractivity contribution in [1.29, 1.82) is 0 Å². The van der Waals surface area contributed by atoms with Crippen molar-refractivity contribution >= 4 is 33.4 Å². The minimum atomic E-state index is -4.34. The maximum absolute atomic E-state index is 12.5. The van der Waals surface area contributed by atoms with E-state index in [0.717, 1.165) is 4.47 Å². The van der Waals surface area contributed by atoms with Gasteiger partial charge in [0.2, 0.25) is 0 Å². The lowest BCUT2D eigenvalue weighted by Gasteiger charge is -2.13. The first-order chi connectivity index (χ1) is 9.85. The highest BCUT2D eigenvalue weighted by Gasteiger charge is 2.30. The monoisotopic (exact) mass is 377 g/mol. The quantitative estimate of drug-likeness (QED) is 0.701. The Labute approximate surface area is 132 Å². The Morgan fingerprint density at radius 2 is 1.86 bits per heavy atom. The van der Waals surface area contributed by atoms with Gasteiger partial charge in [-0.2, -0.15) is 13.2 Å². The van der Waals surface area contributed by atoms with E-state index in [-0.39, 0.29) is 29.0 Å². The van der Waals surface area contributed by atoms with Crippen LogP contribution >= 0.6 is 27.7 Å². The fourth-order valence-electron chi connectivity index (χ4n) is 1.71. The van der Waals surface area contributed by atoms with E-state index in [4.69, 9.17) is 0 Å². The van der Waals surface area contributed by atoms with Crippen molar-refractivity contribution in [2.75, 3.05) is 5.32 Å². The number of para-hydroxylation sites is 1. The first-order valence-electron chi connectivity index (χ1n) is 5.91. The molecule has 2 nitrogen and oxygen atoms in total. The van der Waals surface area contributed by atoms with Crippen molar-refractivity contribution in [2.24, 2.45) is 0 Å². The maximum Gasteiger partial charge on any atom is 0.446 e. The first-order valence-corrected chi connectivity index (χ1v) is 7.52. The van der Waals surface area contributed by atoms with Gasteiger partial charge >= 0.3 is 5.51 Å². The molecule has 7 heteroatoms. The molecule has 2 aromatic rings. The fourth-order valence-corrected chi connectivity index (χ4v) is 2.77. The molecule has 0 saturated heterocycles. The minimum absolute atomic E-state index is 0.0895. The Kier molecular flexibility index (Phi) is 5.05. The van der Waals surface area contributed by atoms with E-state index in [2.05, 4.69) is 21.2 Å². The van der Waals surface area contributed by atoms with Gasteiger partial charge in [0.05, 0.1) is 0 Å². The highest BCUT2D eigenvalue weighted by Crippen LogP contribution is 2.40. The highest BCUT2D eigenvalue weighted by molar-refractivity contribution is 9.10. The van der Waals surface area contributed by atoms with Crippen LogP contribution in [0.4, 0.5) is 18.9 Å². The van der Waals surface area contributed by atoms with Crippen molar-refractivity contribution < 1.29 is 18.3 Å². The zero-order valence-electron chi connectivity index (χ0n) is 10.6. The van der Waals surface area contributed by atoms with Crippen molar-refractivity contribution in [3.8, 4) is 5.75 Å². The average molecular weight is 378 g/mol. The van der Waals surface area contributed by atoms with Crippen LogP contribution in [0.5, 0.6) is 5.75 Å². The molecule has 0 bridgehead atoms. The Hall–Kier alpha value is -1.34. The third-order valence-electron chi connectivity index (χ3n) is 2.62. The normalized spacial score (nSPS) is 11.4. The average Bonchev–Trinajstić information content (AvgIpc) is 2.39. The molecule has 21 heavy (non-hydrogen) atoms. The maximum atomic E-state index is 12.5. The van der Waals surface area contributed by atoms with E-state index >= 15 is 0 Å². The number of phenolic OH excluding ortho intramolecular Hbond substituents is 1. The summed E-state index contributed by atoms with van der Waals surface area (Å²) in [5.41, 5.74) is -3.37. The van der Waals surface area contributed by atoms with Crippen LogP contribution in [0.1, 0.15) is 5.56 Å². The molecule has 0 aliphatic carbocycles. The molecule has 0 atom stereocenters. The molecule has 0 saturated carbocycles. The van der Waals surface area contributed by atoms with E-state index < -0.39 is 5.51 Å². The second-order valence-corrected chi connectivity index (χ2v) is 6.19. The van der Waals surface area contributed by atoms with Gasteiger partial charge in [-0.15, -0.1) is 0 Å². The second kappa shape index (κ2) is 6.62. The number of hydrogen-bond donors (Lipinski definition) is 2. The molecule has 0 amide bonds. The number of phenols is 1. The van der Waals surface area contributed by atoms with Gasteiger partial charge in [0, 0.05) is 27.2 Å². The minimum Gasteiger partial charge on any atom is -0.508 e. The summed E-state index contributed by atoms with van der Waals surface area (Å²) >= 11 is 3.12. The van der Waals surface area contributed by atoms with E-state index in [9.17, 15) is 18.3 Å².